The zero-order valence-electron chi connectivity index (χ0n) is 19.4. The lowest BCUT2D eigenvalue weighted by Crippen LogP contribution is -2.38. The lowest BCUT2D eigenvalue weighted by Gasteiger charge is -2.24. The van der Waals surface area contributed by atoms with Gasteiger partial charge in [0.15, 0.2) is 5.13 Å². The number of fused-ring (bicyclic) bond motifs is 1. The summed E-state index contributed by atoms with van der Waals surface area (Å²) < 4.78 is 17.8. The van der Waals surface area contributed by atoms with Gasteiger partial charge in [-0.25, -0.2) is 4.98 Å². The zero-order chi connectivity index (χ0) is 22.8. The quantitative estimate of drug-likeness (QED) is 0.503. The van der Waals surface area contributed by atoms with Gasteiger partial charge in [-0.2, -0.15) is 0 Å². The van der Waals surface area contributed by atoms with E-state index in [0.717, 1.165) is 46.6 Å². The summed E-state index contributed by atoms with van der Waals surface area (Å²) in [5.74, 6) is 1.41. The summed E-state index contributed by atoms with van der Waals surface area (Å²) in [6.45, 7) is 7.45. The van der Waals surface area contributed by atoms with Crippen molar-refractivity contribution in [3.05, 3.63) is 46.5 Å². The Bertz CT molecular complexity index is 1070. The molecule has 6 nitrogen and oxygen atoms in total. The lowest BCUT2D eigenvalue weighted by atomic mass is 9.97. The van der Waals surface area contributed by atoms with Crippen LogP contribution < -0.4 is 14.4 Å². The zero-order valence-corrected chi connectivity index (χ0v) is 20.2. The van der Waals surface area contributed by atoms with Crippen molar-refractivity contribution < 1.29 is 19.0 Å². The number of ether oxygens (including phenoxy) is 3. The van der Waals surface area contributed by atoms with Crippen molar-refractivity contribution in [3.63, 3.8) is 0 Å². The molecular weight excluding hydrogens is 424 g/mol. The van der Waals surface area contributed by atoms with Crippen LogP contribution in [0.3, 0.4) is 0 Å². The number of aromatic nitrogens is 1. The first-order valence-corrected chi connectivity index (χ1v) is 11.7. The number of amides is 1. The molecule has 1 fully saturated rings. The van der Waals surface area contributed by atoms with Crippen molar-refractivity contribution in [1.82, 2.24) is 4.98 Å². The number of benzene rings is 2. The van der Waals surface area contributed by atoms with E-state index in [9.17, 15) is 4.79 Å². The maximum atomic E-state index is 13.7. The molecule has 2 aromatic carbocycles. The molecule has 0 spiro atoms. The van der Waals surface area contributed by atoms with Crippen LogP contribution in [0, 0.1) is 20.8 Å². The molecule has 1 aliphatic rings. The van der Waals surface area contributed by atoms with Crippen LogP contribution in [0.15, 0.2) is 24.3 Å². The maximum absolute atomic E-state index is 13.7. The Balaban J connectivity index is 1.73. The highest BCUT2D eigenvalue weighted by Gasteiger charge is 2.28. The molecule has 2 heterocycles. The fraction of sp³-hybridized carbons (Fsp3) is 0.440. The summed E-state index contributed by atoms with van der Waals surface area (Å²) in [5.41, 5.74) is 5.27. The highest BCUT2D eigenvalue weighted by molar-refractivity contribution is 7.22. The summed E-state index contributed by atoms with van der Waals surface area (Å²) in [7, 11) is 3.26. The number of hydrogen-bond donors (Lipinski definition) is 0. The van der Waals surface area contributed by atoms with E-state index in [4.69, 9.17) is 19.2 Å². The SMILES string of the molecule is COc1ccc(OC)c2sc(N(CC3CCCO3)C(=O)Cc3c(C)cc(C)cc3C)nc12. The molecule has 1 amide bonds. The highest BCUT2D eigenvalue weighted by atomic mass is 32.1. The third-order valence-corrected chi connectivity index (χ3v) is 7.10. The monoisotopic (exact) mass is 454 g/mol. The average molecular weight is 455 g/mol. The van der Waals surface area contributed by atoms with Crippen LogP contribution in [-0.4, -0.2) is 44.4 Å². The van der Waals surface area contributed by atoms with E-state index < -0.39 is 0 Å². The van der Waals surface area contributed by atoms with E-state index in [1.54, 1.807) is 19.1 Å². The summed E-state index contributed by atoms with van der Waals surface area (Å²) >= 11 is 1.45. The summed E-state index contributed by atoms with van der Waals surface area (Å²) in [4.78, 5) is 20.3. The smallest absolute Gasteiger partial charge is 0.233 e. The second-order valence-electron chi connectivity index (χ2n) is 8.34. The van der Waals surface area contributed by atoms with Gasteiger partial charge in [0.1, 0.15) is 21.7 Å². The van der Waals surface area contributed by atoms with Gasteiger partial charge in [0.2, 0.25) is 5.91 Å². The van der Waals surface area contributed by atoms with Crippen molar-refractivity contribution in [1.29, 1.82) is 0 Å². The summed E-state index contributed by atoms with van der Waals surface area (Å²) in [6, 6.07) is 7.98. The van der Waals surface area contributed by atoms with Crippen LogP contribution in [0.2, 0.25) is 0 Å². The molecule has 0 bridgehead atoms. The summed E-state index contributed by atoms with van der Waals surface area (Å²) in [5, 5.41) is 0.644. The molecule has 4 rings (SSSR count). The van der Waals surface area contributed by atoms with Crippen molar-refractivity contribution >= 4 is 32.6 Å². The van der Waals surface area contributed by atoms with Gasteiger partial charge in [-0.15, -0.1) is 0 Å². The van der Waals surface area contributed by atoms with Gasteiger partial charge in [-0.3, -0.25) is 9.69 Å². The maximum Gasteiger partial charge on any atom is 0.233 e. The Hall–Kier alpha value is -2.64. The number of thiazole rings is 1. The second-order valence-corrected chi connectivity index (χ2v) is 9.32. The van der Waals surface area contributed by atoms with Crippen molar-refractivity contribution in [2.24, 2.45) is 0 Å². The Kier molecular flexibility index (Phi) is 6.67. The number of anilines is 1. The van der Waals surface area contributed by atoms with Crippen molar-refractivity contribution in [2.75, 3.05) is 32.3 Å². The van der Waals surface area contributed by atoms with E-state index in [2.05, 4.69) is 32.9 Å². The minimum absolute atomic E-state index is 0.0209. The van der Waals surface area contributed by atoms with Gasteiger partial charge in [0.05, 0.1) is 33.3 Å². The van der Waals surface area contributed by atoms with Crippen molar-refractivity contribution in [3.8, 4) is 11.5 Å². The Morgan fingerprint density at radius 3 is 2.47 bits per heavy atom. The van der Waals surface area contributed by atoms with Crippen LogP contribution in [0.4, 0.5) is 5.13 Å². The molecule has 0 aliphatic carbocycles. The highest BCUT2D eigenvalue weighted by Crippen LogP contribution is 2.40. The molecule has 1 aromatic heterocycles. The van der Waals surface area contributed by atoms with E-state index in [1.807, 2.05) is 12.1 Å². The van der Waals surface area contributed by atoms with E-state index in [0.29, 0.717) is 29.4 Å². The Labute approximate surface area is 193 Å². The molecule has 1 unspecified atom stereocenters. The summed E-state index contributed by atoms with van der Waals surface area (Å²) in [6.07, 6.45) is 2.32. The molecule has 32 heavy (non-hydrogen) atoms. The van der Waals surface area contributed by atoms with Gasteiger partial charge in [-0.05, 0) is 62.4 Å². The van der Waals surface area contributed by atoms with E-state index in [-0.39, 0.29) is 12.0 Å². The van der Waals surface area contributed by atoms with E-state index in [1.165, 1.54) is 16.9 Å². The van der Waals surface area contributed by atoms with Crippen molar-refractivity contribution in [2.45, 2.75) is 46.1 Å². The third kappa shape index (κ3) is 4.45. The molecule has 3 aromatic rings. The van der Waals surface area contributed by atoms with Gasteiger partial charge in [0.25, 0.3) is 0 Å². The molecule has 0 N–H and O–H groups in total. The normalized spacial score (nSPS) is 15.8. The van der Waals surface area contributed by atoms with Gasteiger partial charge >= 0.3 is 0 Å². The van der Waals surface area contributed by atoms with Crippen LogP contribution in [0.5, 0.6) is 11.5 Å². The van der Waals surface area contributed by atoms with Crippen LogP contribution in [0.1, 0.15) is 35.1 Å². The van der Waals surface area contributed by atoms with Gasteiger partial charge in [0, 0.05) is 6.61 Å². The number of hydrogen-bond acceptors (Lipinski definition) is 6. The molecule has 0 saturated carbocycles. The van der Waals surface area contributed by atoms with Gasteiger partial charge in [-0.1, -0.05) is 29.0 Å². The fourth-order valence-electron chi connectivity index (χ4n) is 4.40. The molecule has 7 heteroatoms. The first kappa shape index (κ1) is 22.6. The number of aryl methyl sites for hydroxylation is 3. The molecule has 1 atom stereocenters. The third-order valence-electron chi connectivity index (χ3n) is 6.01. The minimum Gasteiger partial charge on any atom is -0.495 e. The first-order valence-electron chi connectivity index (χ1n) is 10.9. The molecule has 1 aliphatic heterocycles. The van der Waals surface area contributed by atoms with E-state index >= 15 is 0 Å². The predicted octanol–water partition coefficient (Wildman–Crippen LogP) is 4.99. The van der Waals surface area contributed by atoms with Crippen LogP contribution >= 0.6 is 11.3 Å². The number of carbonyl (C=O) groups excluding carboxylic acids is 1. The number of nitrogens with zero attached hydrogens (tertiary/aromatic N) is 2. The standard InChI is InChI=1S/C25H30N2O4S/c1-15-11-16(2)19(17(3)12-15)13-22(28)27(14-18-7-6-10-31-18)25-26-23-20(29-4)8-9-21(30-5)24(23)32-25/h8-9,11-12,18H,6-7,10,13-14H2,1-5H3. The molecule has 1 saturated heterocycles. The molecule has 170 valence electrons. The average Bonchev–Trinajstić information content (AvgIpc) is 3.43. The lowest BCUT2D eigenvalue weighted by molar-refractivity contribution is -0.118. The number of carbonyl (C=O) groups is 1. The predicted molar refractivity (Wildman–Crippen MR) is 128 cm³/mol. The largest absolute Gasteiger partial charge is 0.495 e. The van der Waals surface area contributed by atoms with Crippen LogP contribution in [0.25, 0.3) is 10.2 Å². The molecule has 0 radical (unpaired) electrons. The minimum atomic E-state index is 0.0209. The molecular formula is C25H30N2O4S. The topological polar surface area (TPSA) is 60.9 Å². The van der Waals surface area contributed by atoms with Crippen LogP contribution in [-0.2, 0) is 16.0 Å². The first-order chi connectivity index (χ1) is 15.4. The Morgan fingerprint density at radius 2 is 1.84 bits per heavy atom. The second kappa shape index (κ2) is 9.46. The number of methoxy groups -OCH3 is 2. The number of rotatable bonds is 7. The van der Waals surface area contributed by atoms with Gasteiger partial charge < -0.3 is 14.2 Å². The fourth-order valence-corrected chi connectivity index (χ4v) is 5.50. The Morgan fingerprint density at radius 1 is 1.16 bits per heavy atom.